The van der Waals surface area contributed by atoms with E-state index in [1.165, 1.54) is 57.8 Å². The third-order valence-electron chi connectivity index (χ3n) is 4.84. The molecule has 0 radical (unpaired) electrons. The van der Waals surface area contributed by atoms with Crippen LogP contribution in [0, 0.1) is 17.8 Å². The second-order valence-electron chi connectivity index (χ2n) is 5.70. The molecule has 0 aromatic heterocycles. The number of rotatable bonds is 2. The van der Waals surface area contributed by atoms with Crippen molar-refractivity contribution in [2.75, 3.05) is 0 Å². The van der Waals surface area contributed by atoms with Gasteiger partial charge in [-0.25, -0.2) is 0 Å². The van der Waals surface area contributed by atoms with Gasteiger partial charge in [-0.3, -0.25) is 0 Å². The van der Waals surface area contributed by atoms with Crippen LogP contribution in [-0.2, 0) is 0 Å². The molecule has 0 heterocycles. The van der Waals surface area contributed by atoms with Gasteiger partial charge in [0.2, 0.25) is 0 Å². The predicted octanol–water partition coefficient (Wildman–Crippen LogP) is 5.16. The molecule has 0 amide bonds. The van der Waals surface area contributed by atoms with Crippen molar-refractivity contribution in [3.05, 3.63) is 0 Å². The molecule has 2 fully saturated rings. The topological polar surface area (TPSA) is 0 Å². The van der Waals surface area contributed by atoms with Crippen molar-refractivity contribution in [1.29, 1.82) is 0 Å². The van der Waals surface area contributed by atoms with Crippen LogP contribution >= 0.6 is 15.9 Å². The molecule has 1 heteroatoms. The molecule has 15 heavy (non-hydrogen) atoms. The van der Waals surface area contributed by atoms with E-state index < -0.39 is 0 Å². The van der Waals surface area contributed by atoms with Crippen LogP contribution in [0.25, 0.3) is 0 Å². The quantitative estimate of drug-likeness (QED) is 0.610. The van der Waals surface area contributed by atoms with E-state index in [0.29, 0.717) is 0 Å². The Labute approximate surface area is 103 Å². The van der Waals surface area contributed by atoms with Gasteiger partial charge in [0.25, 0.3) is 0 Å². The van der Waals surface area contributed by atoms with Gasteiger partial charge in [0.1, 0.15) is 0 Å². The van der Waals surface area contributed by atoms with Crippen molar-refractivity contribution in [2.45, 2.75) is 69.5 Å². The summed E-state index contributed by atoms with van der Waals surface area (Å²) < 4.78 is 0. The SMILES string of the molecule is CCC1CCC([C@H]2CC[C@H](Br)CC2)CC1. The first-order valence-corrected chi connectivity index (χ1v) is 7.85. The molecule has 0 N–H and O–H groups in total. The lowest BCUT2D eigenvalue weighted by Gasteiger charge is -2.36. The lowest BCUT2D eigenvalue weighted by molar-refractivity contribution is 0.168. The molecule has 2 rings (SSSR count). The zero-order valence-corrected chi connectivity index (χ0v) is 11.6. The van der Waals surface area contributed by atoms with E-state index in [2.05, 4.69) is 22.9 Å². The minimum atomic E-state index is 0.834. The Morgan fingerprint density at radius 2 is 1.27 bits per heavy atom. The second-order valence-corrected chi connectivity index (χ2v) is 7.00. The van der Waals surface area contributed by atoms with Crippen LogP contribution in [0.15, 0.2) is 0 Å². The first kappa shape index (κ1) is 12.0. The first-order valence-electron chi connectivity index (χ1n) is 6.93. The third-order valence-corrected chi connectivity index (χ3v) is 5.75. The van der Waals surface area contributed by atoms with E-state index in [1.54, 1.807) is 0 Å². The minimum Gasteiger partial charge on any atom is -0.0891 e. The molecule has 0 unspecified atom stereocenters. The van der Waals surface area contributed by atoms with Crippen molar-refractivity contribution in [3.8, 4) is 0 Å². The van der Waals surface area contributed by atoms with Crippen LogP contribution in [0.4, 0.5) is 0 Å². The van der Waals surface area contributed by atoms with Crippen molar-refractivity contribution < 1.29 is 0 Å². The van der Waals surface area contributed by atoms with E-state index in [4.69, 9.17) is 0 Å². The summed E-state index contributed by atoms with van der Waals surface area (Å²) in [6.07, 6.45) is 13.4. The van der Waals surface area contributed by atoms with E-state index in [-0.39, 0.29) is 0 Å². The Balaban J connectivity index is 1.75. The highest BCUT2D eigenvalue weighted by Crippen LogP contribution is 2.41. The fourth-order valence-electron chi connectivity index (χ4n) is 3.62. The molecule has 0 bridgehead atoms. The molecule has 2 saturated carbocycles. The van der Waals surface area contributed by atoms with Crippen LogP contribution in [0.2, 0.25) is 0 Å². The molecule has 0 aromatic carbocycles. The van der Waals surface area contributed by atoms with Gasteiger partial charge in [-0.2, -0.15) is 0 Å². The van der Waals surface area contributed by atoms with Gasteiger partial charge in [-0.15, -0.1) is 0 Å². The molecule has 0 spiro atoms. The Morgan fingerprint density at radius 1 is 0.800 bits per heavy atom. The largest absolute Gasteiger partial charge is 0.0891 e. The van der Waals surface area contributed by atoms with Crippen LogP contribution in [0.1, 0.15) is 64.7 Å². The normalized spacial score (nSPS) is 42.8. The number of halogens is 1. The smallest absolute Gasteiger partial charge is 0.0146 e. The molecule has 0 aromatic rings. The molecule has 2 aliphatic rings. The van der Waals surface area contributed by atoms with Crippen molar-refractivity contribution >= 4 is 15.9 Å². The predicted molar refractivity (Wildman–Crippen MR) is 70.4 cm³/mol. The Bertz CT molecular complexity index is 174. The van der Waals surface area contributed by atoms with Crippen LogP contribution in [0.5, 0.6) is 0 Å². The maximum Gasteiger partial charge on any atom is 0.0146 e. The molecule has 0 nitrogen and oxygen atoms in total. The molecule has 88 valence electrons. The van der Waals surface area contributed by atoms with Crippen molar-refractivity contribution in [2.24, 2.45) is 17.8 Å². The zero-order chi connectivity index (χ0) is 10.7. The average molecular weight is 273 g/mol. The second kappa shape index (κ2) is 5.70. The summed E-state index contributed by atoms with van der Waals surface area (Å²) in [5.74, 6) is 3.23. The summed E-state index contributed by atoms with van der Waals surface area (Å²) in [5, 5.41) is 0. The molecule has 0 atom stereocenters. The number of alkyl halides is 1. The Kier molecular flexibility index (Phi) is 4.54. The lowest BCUT2D eigenvalue weighted by Crippen LogP contribution is -2.25. The van der Waals surface area contributed by atoms with Gasteiger partial charge in [0.05, 0.1) is 0 Å². The summed E-state index contributed by atoms with van der Waals surface area (Å²) in [4.78, 5) is 0.834. The average Bonchev–Trinajstić information content (AvgIpc) is 2.30. The summed E-state index contributed by atoms with van der Waals surface area (Å²) in [6, 6.07) is 0. The van der Waals surface area contributed by atoms with Crippen LogP contribution < -0.4 is 0 Å². The van der Waals surface area contributed by atoms with E-state index in [1.807, 2.05) is 0 Å². The van der Waals surface area contributed by atoms with Gasteiger partial charge in [0.15, 0.2) is 0 Å². The monoisotopic (exact) mass is 272 g/mol. The highest BCUT2D eigenvalue weighted by Gasteiger charge is 2.29. The Morgan fingerprint density at radius 3 is 1.73 bits per heavy atom. The highest BCUT2D eigenvalue weighted by atomic mass is 79.9. The summed E-state index contributed by atoms with van der Waals surface area (Å²) in [5.41, 5.74) is 0. The molecule has 0 saturated heterocycles. The fraction of sp³-hybridized carbons (Fsp3) is 1.00. The van der Waals surface area contributed by atoms with E-state index in [9.17, 15) is 0 Å². The van der Waals surface area contributed by atoms with Gasteiger partial charge >= 0.3 is 0 Å². The number of hydrogen-bond acceptors (Lipinski definition) is 0. The van der Waals surface area contributed by atoms with Gasteiger partial charge in [-0.1, -0.05) is 42.1 Å². The summed E-state index contributed by atoms with van der Waals surface area (Å²) in [6.45, 7) is 2.36. The zero-order valence-electron chi connectivity index (χ0n) is 10.1. The molecular formula is C14H25Br. The van der Waals surface area contributed by atoms with Crippen LogP contribution in [-0.4, -0.2) is 4.83 Å². The third kappa shape index (κ3) is 3.22. The van der Waals surface area contributed by atoms with Crippen molar-refractivity contribution in [1.82, 2.24) is 0 Å². The van der Waals surface area contributed by atoms with E-state index >= 15 is 0 Å². The first-order chi connectivity index (χ1) is 7.29. The fourth-order valence-corrected chi connectivity index (χ4v) is 4.15. The van der Waals surface area contributed by atoms with Crippen molar-refractivity contribution in [3.63, 3.8) is 0 Å². The van der Waals surface area contributed by atoms with E-state index in [0.717, 1.165) is 22.6 Å². The van der Waals surface area contributed by atoms with Gasteiger partial charge < -0.3 is 0 Å². The standard InChI is InChI=1S/C14H25Br/c1-2-11-3-5-12(6-4-11)13-7-9-14(15)10-8-13/h11-14H,2-10H2,1H3/t11?,12?,13-,14-. The maximum atomic E-state index is 3.76. The molecular weight excluding hydrogens is 248 g/mol. The lowest BCUT2D eigenvalue weighted by atomic mass is 9.70. The highest BCUT2D eigenvalue weighted by molar-refractivity contribution is 9.09. The summed E-state index contributed by atoms with van der Waals surface area (Å²) >= 11 is 3.76. The molecule has 2 aliphatic carbocycles. The maximum absolute atomic E-state index is 3.76. The number of hydrogen-bond donors (Lipinski definition) is 0. The van der Waals surface area contributed by atoms with Gasteiger partial charge in [0, 0.05) is 4.83 Å². The Hall–Kier alpha value is 0.480. The summed E-state index contributed by atoms with van der Waals surface area (Å²) in [7, 11) is 0. The van der Waals surface area contributed by atoms with Crippen LogP contribution in [0.3, 0.4) is 0 Å². The molecule has 0 aliphatic heterocycles. The minimum absolute atomic E-state index is 0.834. The van der Waals surface area contributed by atoms with Gasteiger partial charge in [-0.05, 0) is 56.3 Å².